The minimum atomic E-state index is -0.495. The Balaban J connectivity index is 1.72. The van der Waals surface area contributed by atoms with Crippen molar-refractivity contribution < 1.29 is 9.84 Å². The van der Waals surface area contributed by atoms with E-state index < -0.39 is 6.10 Å². The van der Waals surface area contributed by atoms with Crippen LogP contribution in [0.2, 0.25) is 0 Å². The average molecular weight is 283 g/mol. The largest absolute Gasteiger partial charge is 0.497 e. The Labute approximate surface area is 125 Å². The van der Waals surface area contributed by atoms with E-state index in [-0.39, 0.29) is 6.04 Å². The molecule has 21 heavy (non-hydrogen) atoms. The summed E-state index contributed by atoms with van der Waals surface area (Å²) in [6, 6.07) is 16.2. The van der Waals surface area contributed by atoms with Gasteiger partial charge in [0.25, 0.3) is 0 Å². The highest BCUT2D eigenvalue weighted by Gasteiger charge is 2.28. The Bertz CT molecular complexity index is 584. The summed E-state index contributed by atoms with van der Waals surface area (Å²) in [4.78, 5) is 2.32. The Kier molecular flexibility index (Phi) is 3.95. The van der Waals surface area contributed by atoms with Crippen molar-refractivity contribution in [2.45, 2.75) is 32.2 Å². The molecule has 0 amide bonds. The lowest BCUT2D eigenvalue weighted by Crippen LogP contribution is -2.33. The Morgan fingerprint density at radius 2 is 1.57 bits per heavy atom. The third kappa shape index (κ3) is 2.80. The molecule has 110 valence electrons. The maximum atomic E-state index is 10.6. The van der Waals surface area contributed by atoms with Crippen molar-refractivity contribution in [1.82, 2.24) is 4.90 Å². The highest BCUT2D eigenvalue weighted by Crippen LogP contribution is 2.30. The molecule has 3 heteroatoms. The van der Waals surface area contributed by atoms with Gasteiger partial charge in [-0.25, -0.2) is 0 Å². The van der Waals surface area contributed by atoms with Crippen LogP contribution in [-0.4, -0.2) is 23.2 Å². The normalized spacial score (nSPS) is 17.3. The number of rotatable bonds is 4. The maximum Gasteiger partial charge on any atom is 0.118 e. The molecule has 1 N–H and O–H groups in total. The first-order chi connectivity index (χ1) is 10.2. The minimum absolute atomic E-state index is 0.0748. The second-order valence-electron chi connectivity index (χ2n) is 5.63. The van der Waals surface area contributed by atoms with E-state index in [4.69, 9.17) is 4.74 Å². The standard InChI is InChI=1S/C18H21NO2/c1-13(18(20)14-7-9-17(21-2)10-8-14)19-11-15-5-3-4-6-16(15)12-19/h3-10,13,18,20H,11-12H2,1-2H3. The highest BCUT2D eigenvalue weighted by atomic mass is 16.5. The first kappa shape index (κ1) is 14.1. The van der Waals surface area contributed by atoms with Crippen LogP contribution in [0.3, 0.4) is 0 Å². The summed E-state index contributed by atoms with van der Waals surface area (Å²) < 4.78 is 5.16. The van der Waals surface area contributed by atoms with Crippen LogP contribution in [0.5, 0.6) is 5.75 Å². The third-order valence-electron chi connectivity index (χ3n) is 4.36. The average Bonchev–Trinajstić information content (AvgIpc) is 2.97. The first-order valence-electron chi connectivity index (χ1n) is 7.32. The Morgan fingerprint density at radius 1 is 1.00 bits per heavy atom. The highest BCUT2D eigenvalue weighted by molar-refractivity contribution is 5.32. The Hall–Kier alpha value is -1.84. The summed E-state index contributed by atoms with van der Waals surface area (Å²) in [6.07, 6.45) is -0.495. The summed E-state index contributed by atoms with van der Waals surface area (Å²) in [5.41, 5.74) is 3.66. The number of fused-ring (bicyclic) bond motifs is 1. The molecule has 1 aliphatic rings. The monoisotopic (exact) mass is 283 g/mol. The van der Waals surface area contributed by atoms with Gasteiger partial charge in [0, 0.05) is 19.1 Å². The predicted octanol–water partition coefficient (Wildman–Crippen LogP) is 3.13. The number of nitrogens with zero attached hydrogens (tertiary/aromatic N) is 1. The van der Waals surface area contributed by atoms with Gasteiger partial charge in [-0.05, 0) is 35.7 Å². The molecule has 1 heterocycles. The van der Waals surface area contributed by atoms with E-state index >= 15 is 0 Å². The molecule has 1 aliphatic heterocycles. The molecule has 2 aromatic carbocycles. The molecule has 3 nitrogen and oxygen atoms in total. The van der Waals surface area contributed by atoms with Crippen molar-refractivity contribution in [3.8, 4) is 5.75 Å². The van der Waals surface area contributed by atoms with Crippen LogP contribution in [0, 0.1) is 0 Å². The van der Waals surface area contributed by atoms with Crippen molar-refractivity contribution in [1.29, 1.82) is 0 Å². The van der Waals surface area contributed by atoms with E-state index in [0.717, 1.165) is 24.4 Å². The molecule has 0 saturated heterocycles. The summed E-state index contributed by atoms with van der Waals surface area (Å²) >= 11 is 0. The van der Waals surface area contributed by atoms with E-state index in [2.05, 4.69) is 36.1 Å². The van der Waals surface area contributed by atoms with Gasteiger partial charge >= 0.3 is 0 Å². The lowest BCUT2D eigenvalue weighted by molar-refractivity contribution is 0.0559. The van der Waals surface area contributed by atoms with Crippen LogP contribution < -0.4 is 4.74 Å². The van der Waals surface area contributed by atoms with E-state index in [1.165, 1.54) is 11.1 Å². The smallest absolute Gasteiger partial charge is 0.118 e. The molecule has 0 aliphatic carbocycles. The zero-order valence-corrected chi connectivity index (χ0v) is 12.5. The van der Waals surface area contributed by atoms with Gasteiger partial charge in [-0.2, -0.15) is 0 Å². The summed E-state index contributed by atoms with van der Waals surface area (Å²) in [5.74, 6) is 0.812. The van der Waals surface area contributed by atoms with E-state index in [9.17, 15) is 5.11 Å². The molecule has 0 spiro atoms. The fourth-order valence-electron chi connectivity index (χ4n) is 2.93. The molecule has 2 unspecified atom stereocenters. The van der Waals surface area contributed by atoms with Gasteiger partial charge in [0.15, 0.2) is 0 Å². The van der Waals surface area contributed by atoms with Crippen LogP contribution in [0.4, 0.5) is 0 Å². The van der Waals surface area contributed by atoms with Crippen LogP contribution in [-0.2, 0) is 13.1 Å². The van der Waals surface area contributed by atoms with Crippen molar-refractivity contribution in [2.75, 3.05) is 7.11 Å². The molecule has 0 bridgehead atoms. The zero-order valence-electron chi connectivity index (χ0n) is 12.5. The number of benzene rings is 2. The number of ether oxygens (including phenoxy) is 1. The van der Waals surface area contributed by atoms with E-state index in [0.29, 0.717) is 0 Å². The summed E-state index contributed by atoms with van der Waals surface area (Å²) in [6.45, 7) is 3.90. The molecular formula is C18H21NO2. The number of aliphatic hydroxyl groups excluding tert-OH is 1. The van der Waals surface area contributed by atoms with Gasteiger partial charge in [-0.15, -0.1) is 0 Å². The maximum absolute atomic E-state index is 10.6. The van der Waals surface area contributed by atoms with Crippen molar-refractivity contribution in [3.05, 3.63) is 65.2 Å². The molecule has 0 aromatic heterocycles. The fraction of sp³-hybridized carbons (Fsp3) is 0.333. The second-order valence-corrected chi connectivity index (χ2v) is 5.63. The van der Waals surface area contributed by atoms with E-state index in [1.54, 1.807) is 7.11 Å². The van der Waals surface area contributed by atoms with Crippen molar-refractivity contribution in [2.24, 2.45) is 0 Å². The van der Waals surface area contributed by atoms with Crippen LogP contribution >= 0.6 is 0 Å². The van der Waals surface area contributed by atoms with Crippen LogP contribution in [0.15, 0.2) is 48.5 Å². The van der Waals surface area contributed by atoms with Gasteiger partial charge in [-0.3, -0.25) is 4.90 Å². The predicted molar refractivity (Wildman–Crippen MR) is 83.1 cm³/mol. The molecule has 3 rings (SSSR count). The quantitative estimate of drug-likeness (QED) is 0.935. The zero-order chi connectivity index (χ0) is 14.8. The van der Waals surface area contributed by atoms with Crippen LogP contribution in [0.1, 0.15) is 29.7 Å². The van der Waals surface area contributed by atoms with Gasteiger partial charge in [0.05, 0.1) is 13.2 Å². The Morgan fingerprint density at radius 3 is 2.10 bits per heavy atom. The number of aliphatic hydroxyl groups is 1. The number of hydrogen-bond acceptors (Lipinski definition) is 3. The number of hydrogen-bond donors (Lipinski definition) is 1. The van der Waals surface area contributed by atoms with E-state index in [1.807, 2.05) is 24.3 Å². The van der Waals surface area contributed by atoms with Crippen molar-refractivity contribution in [3.63, 3.8) is 0 Å². The lowest BCUT2D eigenvalue weighted by Gasteiger charge is -2.28. The molecule has 2 aromatic rings. The molecule has 0 radical (unpaired) electrons. The summed E-state index contributed by atoms with van der Waals surface area (Å²) in [7, 11) is 1.65. The third-order valence-corrected chi connectivity index (χ3v) is 4.36. The topological polar surface area (TPSA) is 32.7 Å². The van der Waals surface area contributed by atoms with Gasteiger partial charge < -0.3 is 9.84 Å². The van der Waals surface area contributed by atoms with Gasteiger partial charge in [-0.1, -0.05) is 36.4 Å². The molecular weight excluding hydrogens is 262 g/mol. The number of methoxy groups -OCH3 is 1. The second kappa shape index (κ2) is 5.88. The molecule has 0 saturated carbocycles. The first-order valence-corrected chi connectivity index (χ1v) is 7.32. The molecule has 2 atom stereocenters. The SMILES string of the molecule is COc1ccc(C(O)C(C)N2Cc3ccccc3C2)cc1. The van der Waals surface area contributed by atoms with Crippen LogP contribution in [0.25, 0.3) is 0 Å². The lowest BCUT2D eigenvalue weighted by atomic mass is 10.0. The van der Waals surface area contributed by atoms with Crippen molar-refractivity contribution >= 4 is 0 Å². The minimum Gasteiger partial charge on any atom is -0.497 e. The van der Waals surface area contributed by atoms with Gasteiger partial charge in [0.1, 0.15) is 5.75 Å². The molecule has 0 fully saturated rings. The van der Waals surface area contributed by atoms with Gasteiger partial charge in [0.2, 0.25) is 0 Å². The fourth-order valence-corrected chi connectivity index (χ4v) is 2.93. The summed E-state index contributed by atoms with van der Waals surface area (Å²) in [5, 5.41) is 10.6.